The fourth-order valence-corrected chi connectivity index (χ4v) is 4.62. The summed E-state index contributed by atoms with van der Waals surface area (Å²) in [5.41, 5.74) is 1.75. The van der Waals surface area contributed by atoms with Crippen LogP contribution >= 0.6 is 35.3 Å². The van der Waals surface area contributed by atoms with E-state index in [1.807, 2.05) is 32.8 Å². The number of hydrogen-bond acceptors (Lipinski definition) is 12. The van der Waals surface area contributed by atoms with Crippen LogP contribution in [0.15, 0.2) is 21.2 Å². The third-order valence-corrected chi connectivity index (χ3v) is 6.47. The molecule has 0 aliphatic heterocycles. The Morgan fingerprint density at radius 3 is 2.27 bits per heavy atom. The van der Waals surface area contributed by atoms with Crippen LogP contribution in [-0.2, 0) is 18.1 Å². The number of thioether (sulfide) groups is 2. The molecule has 0 bridgehead atoms. The Hall–Kier alpha value is -1.76. The molecule has 0 saturated heterocycles. The second kappa shape index (κ2) is 12.2. The van der Waals surface area contributed by atoms with Crippen molar-refractivity contribution in [2.75, 3.05) is 49.3 Å². The minimum Gasteiger partial charge on any atom is -0.464 e. The molecular formula is C18H27N7O2S3. The van der Waals surface area contributed by atoms with E-state index in [1.165, 1.54) is 11.7 Å². The molecule has 0 saturated carbocycles. The van der Waals surface area contributed by atoms with Gasteiger partial charge in [0, 0.05) is 30.3 Å². The molecule has 3 aromatic rings. The molecule has 30 heavy (non-hydrogen) atoms. The Morgan fingerprint density at radius 2 is 1.63 bits per heavy atom. The number of hydrogen-bond donors (Lipinski definition) is 2. The summed E-state index contributed by atoms with van der Waals surface area (Å²) in [4.78, 5) is 2.10. The van der Waals surface area contributed by atoms with Crippen molar-refractivity contribution in [3.63, 3.8) is 0 Å². The molecule has 9 nitrogen and oxygen atoms in total. The first-order valence-corrected chi connectivity index (χ1v) is 12.6. The van der Waals surface area contributed by atoms with E-state index in [-0.39, 0.29) is 0 Å². The maximum absolute atomic E-state index is 5.83. The van der Waals surface area contributed by atoms with Gasteiger partial charge in [-0.15, -0.1) is 0 Å². The molecule has 0 aliphatic carbocycles. The molecule has 0 unspecified atom stereocenters. The number of nitrogens with one attached hydrogen (secondary N) is 2. The van der Waals surface area contributed by atoms with Gasteiger partial charge in [-0.25, -0.2) is 4.63 Å². The molecule has 0 aromatic carbocycles. The van der Waals surface area contributed by atoms with Gasteiger partial charge in [-0.05, 0) is 33.2 Å². The van der Waals surface area contributed by atoms with Crippen molar-refractivity contribution in [2.45, 2.75) is 25.0 Å². The zero-order chi connectivity index (χ0) is 21.2. The minimum atomic E-state index is 0.793. The Balaban J connectivity index is 1.28. The molecular weight excluding hydrogens is 442 g/mol. The van der Waals surface area contributed by atoms with Crippen LogP contribution in [0.2, 0.25) is 0 Å². The smallest absolute Gasteiger partial charge is 0.184 e. The highest BCUT2D eigenvalue weighted by atomic mass is 32.2. The van der Waals surface area contributed by atoms with Crippen molar-refractivity contribution in [3.05, 3.63) is 35.0 Å². The molecule has 0 radical (unpaired) electrons. The van der Waals surface area contributed by atoms with Crippen LogP contribution in [-0.4, -0.2) is 62.7 Å². The van der Waals surface area contributed by atoms with Gasteiger partial charge >= 0.3 is 0 Å². The number of furan rings is 1. The van der Waals surface area contributed by atoms with E-state index < -0.39 is 0 Å². The predicted octanol–water partition coefficient (Wildman–Crippen LogP) is 3.57. The summed E-state index contributed by atoms with van der Waals surface area (Å²) in [6, 6.07) is 4.11. The summed E-state index contributed by atoms with van der Waals surface area (Å²) in [6.45, 7) is 4.36. The van der Waals surface area contributed by atoms with Crippen LogP contribution in [0.5, 0.6) is 0 Å². The first-order valence-electron chi connectivity index (χ1n) is 9.58. The molecule has 0 fully saturated rings. The third-order valence-electron chi connectivity index (χ3n) is 3.99. The van der Waals surface area contributed by atoms with Gasteiger partial charge in [0.05, 0.1) is 24.0 Å². The van der Waals surface area contributed by atoms with Gasteiger partial charge in [-0.1, -0.05) is 10.3 Å². The first-order chi connectivity index (χ1) is 14.6. The van der Waals surface area contributed by atoms with Crippen molar-refractivity contribution < 1.29 is 9.05 Å². The average molecular weight is 470 g/mol. The maximum Gasteiger partial charge on any atom is 0.184 e. The van der Waals surface area contributed by atoms with Gasteiger partial charge < -0.3 is 20.0 Å². The first kappa shape index (κ1) is 22.9. The lowest BCUT2D eigenvalue weighted by molar-refractivity contribution is 0.302. The molecule has 3 aromatic heterocycles. The van der Waals surface area contributed by atoms with Crippen molar-refractivity contribution >= 4 is 46.9 Å². The van der Waals surface area contributed by atoms with E-state index in [0.717, 1.165) is 77.2 Å². The average Bonchev–Trinajstić information content (AvgIpc) is 3.44. The molecule has 2 N–H and O–H groups in total. The number of anilines is 2. The molecule has 0 spiro atoms. The standard InChI is InChI=1S/C18H27N7O2S3/c1-13-16(22-27-21-13)12-29-9-7-20-18-17(23-30-24-18)19-6-8-28-11-15-5-4-14(26-15)10-25(2)3/h4-5H,6-12H2,1-3H3,(H,19,23)(H,20,24). The summed E-state index contributed by atoms with van der Waals surface area (Å²) >= 11 is 4.82. The largest absolute Gasteiger partial charge is 0.464 e. The zero-order valence-electron chi connectivity index (χ0n) is 17.4. The molecule has 3 rings (SSSR count). The van der Waals surface area contributed by atoms with Crippen LogP contribution in [0.1, 0.15) is 22.9 Å². The Bertz CT molecular complexity index is 881. The summed E-state index contributed by atoms with van der Waals surface area (Å²) in [5, 5.41) is 14.4. The molecule has 0 aliphatic rings. The minimum absolute atomic E-state index is 0.793. The quantitative estimate of drug-likeness (QED) is 0.338. The van der Waals surface area contributed by atoms with Crippen LogP contribution in [0, 0.1) is 6.92 Å². The Morgan fingerprint density at radius 1 is 0.967 bits per heavy atom. The maximum atomic E-state index is 5.83. The number of rotatable bonds is 14. The Kier molecular flexibility index (Phi) is 9.30. The number of nitrogens with zero attached hydrogens (tertiary/aromatic N) is 5. The van der Waals surface area contributed by atoms with E-state index in [1.54, 1.807) is 11.8 Å². The molecule has 164 valence electrons. The van der Waals surface area contributed by atoms with Crippen molar-refractivity contribution in [1.29, 1.82) is 0 Å². The number of aryl methyl sites for hydroxylation is 1. The molecule has 0 atom stereocenters. The van der Waals surface area contributed by atoms with Gasteiger partial charge in [-0.2, -0.15) is 32.3 Å². The van der Waals surface area contributed by atoms with Crippen LogP contribution in [0.4, 0.5) is 11.6 Å². The SMILES string of the molecule is Cc1nonc1CSCCNc1nsnc1NCCSCc1ccc(CN(C)C)o1. The van der Waals surface area contributed by atoms with Gasteiger partial charge in [-0.3, -0.25) is 0 Å². The highest BCUT2D eigenvalue weighted by molar-refractivity contribution is 7.98. The third kappa shape index (κ3) is 7.49. The van der Waals surface area contributed by atoms with Crippen molar-refractivity contribution in [1.82, 2.24) is 24.0 Å². The lowest BCUT2D eigenvalue weighted by atomic mass is 10.4. The van der Waals surface area contributed by atoms with E-state index in [0.29, 0.717) is 0 Å². The second-order valence-electron chi connectivity index (χ2n) is 6.82. The fourth-order valence-electron chi connectivity index (χ4n) is 2.52. The Labute approximate surface area is 189 Å². The normalized spacial score (nSPS) is 11.3. The molecule has 0 amide bonds. The lowest BCUT2D eigenvalue weighted by Crippen LogP contribution is -2.10. The summed E-state index contributed by atoms with van der Waals surface area (Å²) in [7, 11) is 4.07. The van der Waals surface area contributed by atoms with E-state index in [2.05, 4.69) is 46.7 Å². The molecule has 3 heterocycles. The van der Waals surface area contributed by atoms with Crippen LogP contribution < -0.4 is 10.6 Å². The van der Waals surface area contributed by atoms with Gasteiger partial charge in [0.25, 0.3) is 0 Å². The monoisotopic (exact) mass is 469 g/mol. The van der Waals surface area contributed by atoms with Gasteiger partial charge in [0.1, 0.15) is 22.9 Å². The lowest BCUT2D eigenvalue weighted by Gasteiger charge is -2.07. The van der Waals surface area contributed by atoms with Gasteiger partial charge in [0.15, 0.2) is 11.6 Å². The van der Waals surface area contributed by atoms with E-state index in [4.69, 9.17) is 9.05 Å². The van der Waals surface area contributed by atoms with E-state index >= 15 is 0 Å². The van der Waals surface area contributed by atoms with Crippen molar-refractivity contribution in [3.8, 4) is 0 Å². The predicted molar refractivity (Wildman–Crippen MR) is 124 cm³/mol. The topological polar surface area (TPSA) is 105 Å². The zero-order valence-corrected chi connectivity index (χ0v) is 19.8. The van der Waals surface area contributed by atoms with E-state index in [9.17, 15) is 0 Å². The second-order valence-corrected chi connectivity index (χ2v) is 9.56. The highest BCUT2D eigenvalue weighted by Gasteiger charge is 2.08. The molecule has 12 heteroatoms. The fraction of sp³-hybridized carbons (Fsp3) is 0.556. The highest BCUT2D eigenvalue weighted by Crippen LogP contribution is 2.20. The van der Waals surface area contributed by atoms with Crippen LogP contribution in [0.3, 0.4) is 0 Å². The summed E-state index contributed by atoms with van der Waals surface area (Å²) in [6.07, 6.45) is 0. The summed E-state index contributed by atoms with van der Waals surface area (Å²) in [5.74, 6) is 7.19. The van der Waals surface area contributed by atoms with Crippen LogP contribution in [0.25, 0.3) is 0 Å². The van der Waals surface area contributed by atoms with Gasteiger partial charge in [0.2, 0.25) is 0 Å². The number of aromatic nitrogens is 4. The van der Waals surface area contributed by atoms with Crippen molar-refractivity contribution in [2.24, 2.45) is 0 Å². The summed E-state index contributed by atoms with van der Waals surface area (Å²) < 4.78 is 19.2.